The van der Waals surface area contributed by atoms with Crippen molar-refractivity contribution in [1.29, 1.82) is 0 Å². The van der Waals surface area contributed by atoms with Crippen molar-refractivity contribution in [1.82, 2.24) is 4.90 Å². The Morgan fingerprint density at radius 1 is 1.22 bits per heavy atom. The Morgan fingerprint density at radius 2 is 1.96 bits per heavy atom. The first-order valence-corrected chi connectivity index (χ1v) is 7.61. The Kier molecular flexibility index (Phi) is 3.94. The van der Waals surface area contributed by atoms with E-state index in [1.807, 2.05) is 42.5 Å². The lowest BCUT2D eigenvalue weighted by Crippen LogP contribution is -2.37. The highest BCUT2D eigenvalue weighted by molar-refractivity contribution is 5.88. The molecule has 120 valence electrons. The molecule has 0 aromatic heterocycles. The van der Waals surface area contributed by atoms with Crippen LogP contribution in [0.15, 0.2) is 42.5 Å². The molecule has 1 aliphatic rings. The average Bonchev–Trinajstić information content (AvgIpc) is 2.96. The van der Waals surface area contributed by atoms with Gasteiger partial charge in [-0.25, -0.2) is 0 Å². The second-order valence-corrected chi connectivity index (χ2v) is 6.20. The van der Waals surface area contributed by atoms with E-state index >= 15 is 0 Å². The zero-order chi connectivity index (χ0) is 16.4. The van der Waals surface area contributed by atoms with Crippen LogP contribution in [0.3, 0.4) is 0 Å². The molecule has 3 rings (SSSR count). The van der Waals surface area contributed by atoms with Crippen LogP contribution in [-0.4, -0.2) is 41.6 Å². The molecule has 1 N–H and O–H groups in total. The molecule has 0 spiro atoms. The van der Waals surface area contributed by atoms with Crippen LogP contribution in [0.4, 0.5) is 0 Å². The van der Waals surface area contributed by atoms with Crippen LogP contribution in [0.1, 0.15) is 13.3 Å². The number of hydrogen-bond acceptors (Lipinski definition) is 3. The Labute approximate surface area is 134 Å². The van der Waals surface area contributed by atoms with Gasteiger partial charge in [0.15, 0.2) is 6.61 Å². The van der Waals surface area contributed by atoms with Crippen molar-refractivity contribution in [3.05, 3.63) is 42.5 Å². The number of amides is 1. The van der Waals surface area contributed by atoms with Crippen LogP contribution < -0.4 is 4.74 Å². The molecule has 1 saturated heterocycles. The Hall–Kier alpha value is -2.56. The lowest BCUT2D eigenvalue weighted by atomic mass is 9.90. The third kappa shape index (κ3) is 2.99. The summed E-state index contributed by atoms with van der Waals surface area (Å²) < 4.78 is 5.68. The number of fused-ring (bicyclic) bond motifs is 1. The fourth-order valence-electron chi connectivity index (χ4n) is 2.90. The van der Waals surface area contributed by atoms with Gasteiger partial charge in [-0.05, 0) is 24.8 Å². The van der Waals surface area contributed by atoms with Crippen LogP contribution in [-0.2, 0) is 9.59 Å². The zero-order valence-corrected chi connectivity index (χ0v) is 13.0. The third-order valence-electron chi connectivity index (χ3n) is 4.44. The summed E-state index contributed by atoms with van der Waals surface area (Å²) in [7, 11) is 0. The Morgan fingerprint density at radius 3 is 2.70 bits per heavy atom. The molecular formula is C18H19NO4. The second kappa shape index (κ2) is 5.91. The molecule has 2 aromatic rings. The fraction of sp³-hybridized carbons (Fsp3) is 0.333. The summed E-state index contributed by atoms with van der Waals surface area (Å²) >= 11 is 0. The summed E-state index contributed by atoms with van der Waals surface area (Å²) in [6, 6.07) is 13.5. The lowest BCUT2D eigenvalue weighted by Gasteiger charge is -2.20. The number of nitrogens with zero attached hydrogens (tertiary/aromatic N) is 1. The molecular weight excluding hydrogens is 294 g/mol. The maximum atomic E-state index is 12.3. The maximum Gasteiger partial charge on any atom is 0.311 e. The first-order chi connectivity index (χ1) is 11.0. The van der Waals surface area contributed by atoms with Crippen molar-refractivity contribution < 1.29 is 19.4 Å². The van der Waals surface area contributed by atoms with Gasteiger partial charge in [0.2, 0.25) is 0 Å². The minimum absolute atomic E-state index is 0.0797. The topological polar surface area (TPSA) is 66.8 Å². The molecule has 23 heavy (non-hydrogen) atoms. The standard InChI is InChI=1S/C18H19NO4/c1-18(17(21)22)9-10-19(12-18)16(20)11-23-15-8-4-6-13-5-2-3-7-14(13)15/h2-8H,9-12H2,1H3,(H,21,22). The van der Waals surface area contributed by atoms with Crippen molar-refractivity contribution in [2.75, 3.05) is 19.7 Å². The highest BCUT2D eigenvalue weighted by Gasteiger charge is 2.42. The first kappa shape index (κ1) is 15.3. The van der Waals surface area contributed by atoms with Gasteiger partial charge in [-0.3, -0.25) is 9.59 Å². The van der Waals surface area contributed by atoms with Crippen LogP contribution in [0.2, 0.25) is 0 Å². The molecule has 1 unspecified atom stereocenters. The summed E-state index contributed by atoms with van der Waals surface area (Å²) in [6.45, 7) is 2.29. The van der Waals surface area contributed by atoms with Gasteiger partial charge in [0.25, 0.3) is 5.91 Å². The molecule has 0 radical (unpaired) electrons. The van der Waals surface area contributed by atoms with E-state index in [9.17, 15) is 14.7 Å². The fourth-order valence-corrected chi connectivity index (χ4v) is 2.90. The number of likely N-dealkylation sites (tertiary alicyclic amines) is 1. The SMILES string of the molecule is CC1(C(=O)O)CCN(C(=O)COc2cccc3ccccc23)C1. The first-order valence-electron chi connectivity index (χ1n) is 7.61. The minimum Gasteiger partial charge on any atom is -0.483 e. The summed E-state index contributed by atoms with van der Waals surface area (Å²) in [5.41, 5.74) is -0.852. The van der Waals surface area contributed by atoms with Crippen LogP contribution in [0, 0.1) is 5.41 Å². The van der Waals surface area contributed by atoms with Gasteiger partial charge in [0, 0.05) is 18.5 Å². The second-order valence-electron chi connectivity index (χ2n) is 6.20. The van der Waals surface area contributed by atoms with Gasteiger partial charge < -0.3 is 14.7 Å². The van der Waals surface area contributed by atoms with E-state index in [4.69, 9.17) is 4.74 Å². The molecule has 1 aliphatic heterocycles. The number of carbonyl (C=O) groups is 2. The van der Waals surface area contributed by atoms with Gasteiger partial charge in [-0.2, -0.15) is 0 Å². The largest absolute Gasteiger partial charge is 0.483 e. The highest BCUT2D eigenvalue weighted by Crippen LogP contribution is 2.30. The number of carboxylic acids is 1. The van der Waals surface area contributed by atoms with Gasteiger partial charge in [-0.15, -0.1) is 0 Å². The summed E-state index contributed by atoms with van der Waals surface area (Å²) in [5, 5.41) is 11.2. The van der Waals surface area contributed by atoms with E-state index in [2.05, 4.69) is 0 Å². The molecule has 5 nitrogen and oxygen atoms in total. The molecule has 1 fully saturated rings. The number of rotatable bonds is 4. The maximum absolute atomic E-state index is 12.3. The lowest BCUT2D eigenvalue weighted by molar-refractivity contribution is -0.147. The number of aliphatic carboxylic acids is 1. The van der Waals surface area contributed by atoms with Crippen molar-refractivity contribution in [2.24, 2.45) is 5.41 Å². The van der Waals surface area contributed by atoms with Gasteiger partial charge in [0.05, 0.1) is 5.41 Å². The molecule has 0 saturated carbocycles. The number of carboxylic acid groups (broad SMARTS) is 1. The van der Waals surface area contributed by atoms with Crippen molar-refractivity contribution >= 4 is 22.6 Å². The van der Waals surface area contributed by atoms with Crippen molar-refractivity contribution in [3.8, 4) is 5.75 Å². The number of carbonyl (C=O) groups excluding carboxylic acids is 1. The van der Waals surface area contributed by atoms with Gasteiger partial charge in [-0.1, -0.05) is 36.4 Å². The van der Waals surface area contributed by atoms with Crippen molar-refractivity contribution in [3.63, 3.8) is 0 Å². The summed E-state index contributed by atoms with van der Waals surface area (Å²) in [5.74, 6) is -0.373. The average molecular weight is 313 g/mol. The molecule has 1 amide bonds. The Balaban J connectivity index is 1.67. The summed E-state index contributed by atoms with van der Waals surface area (Å²) in [4.78, 5) is 25.1. The summed E-state index contributed by atoms with van der Waals surface area (Å²) in [6.07, 6.45) is 0.475. The van der Waals surface area contributed by atoms with Gasteiger partial charge >= 0.3 is 5.97 Å². The predicted molar refractivity (Wildman–Crippen MR) is 86.4 cm³/mol. The van der Waals surface area contributed by atoms with E-state index in [0.29, 0.717) is 18.7 Å². The number of benzene rings is 2. The zero-order valence-electron chi connectivity index (χ0n) is 13.0. The molecule has 0 bridgehead atoms. The quantitative estimate of drug-likeness (QED) is 0.942. The van der Waals surface area contributed by atoms with E-state index in [0.717, 1.165) is 10.8 Å². The monoisotopic (exact) mass is 313 g/mol. The number of hydrogen-bond donors (Lipinski definition) is 1. The van der Waals surface area contributed by atoms with E-state index in [1.54, 1.807) is 11.8 Å². The predicted octanol–water partition coefficient (Wildman–Crippen LogP) is 2.54. The Bertz CT molecular complexity index is 752. The molecule has 1 atom stereocenters. The normalized spacial score (nSPS) is 20.7. The minimum atomic E-state index is -0.859. The highest BCUT2D eigenvalue weighted by atomic mass is 16.5. The van der Waals surface area contributed by atoms with Gasteiger partial charge in [0.1, 0.15) is 5.75 Å². The molecule has 5 heteroatoms. The van der Waals surface area contributed by atoms with Crippen LogP contribution in [0.25, 0.3) is 10.8 Å². The van der Waals surface area contributed by atoms with Crippen molar-refractivity contribution in [2.45, 2.75) is 13.3 Å². The van der Waals surface area contributed by atoms with E-state index < -0.39 is 11.4 Å². The third-order valence-corrected chi connectivity index (χ3v) is 4.44. The molecule has 2 aromatic carbocycles. The van der Waals surface area contributed by atoms with E-state index in [-0.39, 0.29) is 19.1 Å². The van der Waals surface area contributed by atoms with E-state index in [1.165, 1.54) is 0 Å². The number of ether oxygens (including phenoxy) is 1. The van der Waals surface area contributed by atoms with Crippen LogP contribution in [0.5, 0.6) is 5.75 Å². The molecule has 0 aliphatic carbocycles. The smallest absolute Gasteiger partial charge is 0.311 e. The van der Waals surface area contributed by atoms with Crippen LogP contribution >= 0.6 is 0 Å². The molecule has 1 heterocycles.